The third-order valence-electron chi connectivity index (χ3n) is 6.98. The summed E-state index contributed by atoms with van der Waals surface area (Å²) in [5.74, 6) is -0.381. The fourth-order valence-corrected chi connectivity index (χ4v) is 5.32. The number of aliphatic hydroxyl groups is 1. The average molecular weight is 522 g/mol. The first kappa shape index (κ1) is 25.1. The Bertz CT molecular complexity index is 1520. The molecule has 2 aromatic heterocycles. The molecule has 4 N–H and O–H groups in total. The zero-order valence-electron chi connectivity index (χ0n) is 20.5. The summed E-state index contributed by atoms with van der Waals surface area (Å²) in [5.41, 5.74) is 9.91. The third kappa shape index (κ3) is 4.12. The van der Waals surface area contributed by atoms with Crippen molar-refractivity contribution >= 4 is 40.8 Å². The smallest absolute Gasteiger partial charge is 0.343 e. The van der Waals surface area contributed by atoms with Crippen LogP contribution < -0.4 is 16.7 Å². The number of cyclic esters (lactones) is 1. The van der Waals surface area contributed by atoms with Crippen molar-refractivity contribution in [3.63, 3.8) is 0 Å². The number of rotatable bonds is 7. The molecule has 0 saturated heterocycles. The molecule has 37 heavy (non-hydrogen) atoms. The first-order valence-corrected chi connectivity index (χ1v) is 13.4. The molecular weight excluding hydrogens is 494 g/mol. The van der Waals surface area contributed by atoms with Crippen LogP contribution >= 0.6 is 11.8 Å². The van der Waals surface area contributed by atoms with Crippen LogP contribution in [0.3, 0.4) is 0 Å². The number of hydrogen-bond donors (Lipinski definition) is 3. The minimum atomic E-state index is -1.90. The zero-order chi connectivity index (χ0) is 26.3. The van der Waals surface area contributed by atoms with Gasteiger partial charge in [0.1, 0.15) is 6.61 Å². The van der Waals surface area contributed by atoms with E-state index in [9.17, 15) is 19.5 Å². The van der Waals surface area contributed by atoms with Gasteiger partial charge >= 0.3 is 5.97 Å². The zero-order valence-corrected chi connectivity index (χ0v) is 21.3. The van der Waals surface area contributed by atoms with Gasteiger partial charge in [0.15, 0.2) is 5.60 Å². The molecule has 0 bridgehead atoms. The number of amides is 1. The Morgan fingerprint density at radius 3 is 2.92 bits per heavy atom. The number of carbonyl (C=O) groups excluding carboxylic acids is 2. The van der Waals surface area contributed by atoms with Crippen LogP contribution in [0.5, 0.6) is 0 Å². The molecule has 5 rings (SSSR count). The molecule has 2 atom stereocenters. The number of nitrogens with one attached hydrogen (secondary N) is 1. The van der Waals surface area contributed by atoms with Crippen LogP contribution in [0, 0.1) is 0 Å². The number of thioether (sulfide) groups is 1. The van der Waals surface area contributed by atoms with E-state index in [1.807, 2.05) is 30.5 Å². The topological polar surface area (TPSA) is 149 Å². The highest BCUT2D eigenvalue weighted by Crippen LogP contribution is 2.39. The molecule has 1 amide bonds. The van der Waals surface area contributed by atoms with Gasteiger partial charge in [-0.05, 0) is 37.0 Å². The predicted octanol–water partition coefficient (Wildman–Crippen LogP) is 1.61. The van der Waals surface area contributed by atoms with Gasteiger partial charge in [0, 0.05) is 22.1 Å². The van der Waals surface area contributed by atoms with E-state index in [0.717, 1.165) is 16.7 Å². The summed E-state index contributed by atoms with van der Waals surface area (Å²) < 4.78 is 6.71. The Morgan fingerprint density at radius 2 is 2.16 bits per heavy atom. The summed E-state index contributed by atoms with van der Waals surface area (Å²) >= 11 is 1.61. The molecule has 192 valence electrons. The first-order valence-electron chi connectivity index (χ1n) is 12.0. The molecule has 0 aliphatic carbocycles. The van der Waals surface area contributed by atoms with Crippen molar-refractivity contribution < 1.29 is 19.4 Å². The maximum atomic E-state index is 13.5. The molecule has 0 spiro atoms. The van der Waals surface area contributed by atoms with Crippen molar-refractivity contribution in [2.24, 2.45) is 10.8 Å². The van der Waals surface area contributed by atoms with Crippen LogP contribution in [0.1, 0.15) is 42.0 Å². The maximum Gasteiger partial charge on any atom is 0.343 e. The number of fused-ring (bicyclic) bond motifs is 5. The second kappa shape index (κ2) is 9.73. The van der Waals surface area contributed by atoms with Crippen molar-refractivity contribution in [3.05, 3.63) is 62.9 Å². The largest absolute Gasteiger partial charge is 0.458 e. The van der Waals surface area contributed by atoms with Crippen LogP contribution in [-0.4, -0.2) is 50.8 Å². The number of nitrogens with zero attached hydrogens (tertiary/aromatic N) is 3. The lowest BCUT2D eigenvalue weighted by molar-refractivity contribution is -0.172. The van der Waals surface area contributed by atoms with E-state index >= 15 is 0 Å². The number of hydrazone groups is 1. The van der Waals surface area contributed by atoms with Gasteiger partial charge in [-0.25, -0.2) is 15.2 Å². The lowest BCUT2D eigenvalue weighted by atomic mass is 9.86. The number of carbonyl (C=O) groups is 2. The van der Waals surface area contributed by atoms with Crippen LogP contribution in [0.2, 0.25) is 0 Å². The van der Waals surface area contributed by atoms with Gasteiger partial charge in [0.2, 0.25) is 0 Å². The summed E-state index contributed by atoms with van der Waals surface area (Å²) in [7, 11) is 0. The number of benzene rings is 1. The quantitative estimate of drug-likeness (QED) is 0.189. The molecule has 2 aliphatic rings. The highest BCUT2D eigenvalue weighted by Gasteiger charge is 2.45. The molecular formula is C26H27N5O5S. The minimum Gasteiger partial charge on any atom is -0.458 e. The number of pyridine rings is 2. The summed E-state index contributed by atoms with van der Waals surface area (Å²) in [6.45, 7) is 1.69. The average Bonchev–Trinajstić information content (AvgIpc) is 3.27. The summed E-state index contributed by atoms with van der Waals surface area (Å²) in [6.07, 6.45) is 4.10. The van der Waals surface area contributed by atoms with Gasteiger partial charge in [-0.1, -0.05) is 25.1 Å². The van der Waals surface area contributed by atoms with E-state index in [-0.39, 0.29) is 42.2 Å². The maximum absolute atomic E-state index is 13.5. The number of aromatic nitrogens is 2. The summed E-state index contributed by atoms with van der Waals surface area (Å²) in [4.78, 5) is 43.1. The first-order chi connectivity index (χ1) is 17.8. The molecule has 3 aromatic rings. The second-order valence-electron chi connectivity index (χ2n) is 9.10. The standard InChI is InChI=1S/C26H27N5O5S/c1-3-26(35)18-10-21-22-16(12-31(21)24(33)17(18)13-36-25(26)34)15(14-6-4-5-7-20(14)29-22)11-28-30-23(32)19(27)8-9-37-2/h4-7,10-11,19,35H,3,8-9,12-13,27H2,1-2H3,(H,30,32)/b28-11+/t19?,26-/m0/s1. The van der Waals surface area contributed by atoms with Gasteiger partial charge in [0.25, 0.3) is 11.5 Å². The Morgan fingerprint density at radius 1 is 1.38 bits per heavy atom. The van der Waals surface area contributed by atoms with E-state index < -0.39 is 17.6 Å². The van der Waals surface area contributed by atoms with Gasteiger partial charge in [-0.3, -0.25) is 9.59 Å². The summed E-state index contributed by atoms with van der Waals surface area (Å²) in [6, 6.07) is 8.48. The molecule has 1 aromatic carbocycles. The van der Waals surface area contributed by atoms with Gasteiger partial charge in [-0.15, -0.1) is 0 Å². The van der Waals surface area contributed by atoms with E-state index in [1.54, 1.807) is 35.5 Å². The van der Waals surface area contributed by atoms with Crippen molar-refractivity contribution in [3.8, 4) is 11.4 Å². The second-order valence-corrected chi connectivity index (χ2v) is 10.1. The van der Waals surface area contributed by atoms with Crippen molar-refractivity contribution in [1.29, 1.82) is 0 Å². The highest BCUT2D eigenvalue weighted by atomic mass is 32.2. The van der Waals surface area contributed by atoms with Gasteiger partial charge in [0.05, 0.1) is 41.3 Å². The van der Waals surface area contributed by atoms with Crippen LogP contribution in [-0.2, 0) is 33.1 Å². The normalized spacial score (nSPS) is 18.9. The summed E-state index contributed by atoms with van der Waals surface area (Å²) in [5, 5.41) is 16.1. The molecule has 11 heteroatoms. The van der Waals surface area contributed by atoms with Crippen LogP contribution in [0.25, 0.3) is 22.3 Å². The fraction of sp³-hybridized carbons (Fsp3) is 0.346. The van der Waals surface area contributed by atoms with E-state index in [0.29, 0.717) is 28.9 Å². The SMILES string of the molecule is CC[C@@]1(O)C(=O)OCc2c1cc1n(c2=O)Cc2c-1nc1ccccc1c2/C=N/NC(=O)C(N)CCSC. The molecule has 4 heterocycles. The number of ether oxygens (including phenoxy) is 1. The minimum absolute atomic E-state index is 0.0659. The van der Waals surface area contributed by atoms with Crippen molar-refractivity contribution in [2.75, 3.05) is 12.0 Å². The number of esters is 1. The van der Waals surface area contributed by atoms with E-state index in [1.165, 1.54) is 0 Å². The lowest BCUT2D eigenvalue weighted by Gasteiger charge is -2.31. The van der Waals surface area contributed by atoms with Crippen LogP contribution in [0.15, 0.2) is 40.2 Å². The van der Waals surface area contributed by atoms with Gasteiger partial charge < -0.3 is 20.1 Å². The third-order valence-corrected chi connectivity index (χ3v) is 7.62. The van der Waals surface area contributed by atoms with E-state index in [2.05, 4.69) is 10.5 Å². The Hall–Kier alpha value is -3.54. The Kier molecular flexibility index (Phi) is 6.61. The number of nitrogens with two attached hydrogens (primary N) is 1. The highest BCUT2D eigenvalue weighted by molar-refractivity contribution is 7.98. The molecule has 1 unspecified atom stereocenters. The Labute approximate surface area is 216 Å². The lowest BCUT2D eigenvalue weighted by Crippen LogP contribution is -2.44. The molecule has 2 aliphatic heterocycles. The van der Waals surface area contributed by atoms with Crippen LogP contribution in [0.4, 0.5) is 0 Å². The molecule has 0 fully saturated rings. The molecule has 0 saturated carbocycles. The predicted molar refractivity (Wildman–Crippen MR) is 141 cm³/mol. The van der Waals surface area contributed by atoms with Gasteiger partial charge in [-0.2, -0.15) is 16.9 Å². The number of para-hydroxylation sites is 1. The molecule has 10 nitrogen and oxygen atoms in total. The molecule has 0 radical (unpaired) electrons. The number of hydrogen-bond acceptors (Lipinski definition) is 9. The van der Waals surface area contributed by atoms with E-state index in [4.69, 9.17) is 15.5 Å². The Balaban J connectivity index is 1.61. The van der Waals surface area contributed by atoms with Crippen molar-refractivity contribution in [2.45, 2.75) is 44.6 Å². The monoisotopic (exact) mass is 521 g/mol. The fourth-order valence-electron chi connectivity index (χ4n) is 4.83. The van der Waals surface area contributed by atoms with Crippen molar-refractivity contribution in [1.82, 2.24) is 15.0 Å².